The summed E-state index contributed by atoms with van der Waals surface area (Å²) in [5.74, 6) is 0.0865. The van der Waals surface area contributed by atoms with Gasteiger partial charge in [-0.15, -0.1) is 0 Å². The minimum atomic E-state index is -0.820. The fourth-order valence-electron chi connectivity index (χ4n) is 1.60. The van der Waals surface area contributed by atoms with Crippen molar-refractivity contribution in [1.29, 1.82) is 0 Å². The molecule has 0 aromatic carbocycles. The lowest BCUT2D eigenvalue weighted by Crippen LogP contribution is -2.49. The normalized spacial score (nSPS) is 14.3. The highest BCUT2D eigenvalue weighted by atomic mass is 32.2. The van der Waals surface area contributed by atoms with E-state index in [1.165, 1.54) is 0 Å². The molecule has 102 valence electrons. The first-order valence-electron chi connectivity index (χ1n) is 6.19. The maximum atomic E-state index is 11.3. The van der Waals surface area contributed by atoms with Crippen LogP contribution in [0.2, 0.25) is 0 Å². The third kappa shape index (κ3) is 4.70. The number of hydrogen-bond acceptors (Lipinski definition) is 4. The standard InChI is InChI=1S/C12H21N3O2S/c1-3-6-15-12(2,10(16)17)5-4-9-18-11-13-7-8-14-11/h7-8,15H,3-6,9H2,1-2H3,(H,13,14)(H,16,17). The summed E-state index contributed by atoms with van der Waals surface area (Å²) in [5.41, 5.74) is -0.820. The number of carboxylic acid groups (broad SMARTS) is 1. The lowest BCUT2D eigenvalue weighted by Gasteiger charge is -2.26. The lowest BCUT2D eigenvalue weighted by atomic mass is 9.96. The molecule has 0 amide bonds. The van der Waals surface area contributed by atoms with E-state index in [0.29, 0.717) is 6.42 Å². The first kappa shape index (κ1) is 15.0. The van der Waals surface area contributed by atoms with Crippen molar-refractivity contribution in [1.82, 2.24) is 15.3 Å². The SMILES string of the molecule is CCCNC(C)(CCCSc1ncc[nH]1)C(=O)O. The third-order valence-electron chi connectivity index (χ3n) is 2.77. The van der Waals surface area contributed by atoms with Gasteiger partial charge in [-0.25, -0.2) is 4.98 Å². The summed E-state index contributed by atoms with van der Waals surface area (Å²) in [5, 5.41) is 13.2. The Morgan fingerprint density at radius 2 is 2.44 bits per heavy atom. The molecule has 3 N–H and O–H groups in total. The first-order chi connectivity index (χ1) is 8.58. The van der Waals surface area contributed by atoms with Gasteiger partial charge in [0.15, 0.2) is 5.16 Å². The minimum absolute atomic E-state index is 0.621. The fourth-order valence-corrected chi connectivity index (χ4v) is 2.36. The van der Waals surface area contributed by atoms with E-state index in [9.17, 15) is 9.90 Å². The summed E-state index contributed by atoms with van der Waals surface area (Å²) >= 11 is 1.62. The number of thioether (sulfide) groups is 1. The van der Waals surface area contributed by atoms with Crippen LogP contribution in [0.5, 0.6) is 0 Å². The summed E-state index contributed by atoms with van der Waals surface area (Å²) in [4.78, 5) is 18.4. The van der Waals surface area contributed by atoms with Gasteiger partial charge in [-0.05, 0) is 32.7 Å². The Morgan fingerprint density at radius 3 is 3.00 bits per heavy atom. The number of hydrogen-bond donors (Lipinski definition) is 3. The van der Waals surface area contributed by atoms with Gasteiger partial charge in [-0.1, -0.05) is 18.7 Å². The van der Waals surface area contributed by atoms with Gasteiger partial charge in [-0.3, -0.25) is 4.79 Å². The lowest BCUT2D eigenvalue weighted by molar-refractivity contribution is -0.144. The van der Waals surface area contributed by atoms with Crippen LogP contribution in [-0.4, -0.2) is 38.9 Å². The molecule has 5 nitrogen and oxygen atoms in total. The van der Waals surface area contributed by atoms with Crippen molar-refractivity contribution in [2.75, 3.05) is 12.3 Å². The first-order valence-corrected chi connectivity index (χ1v) is 7.17. The van der Waals surface area contributed by atoms with Crippen molar-refractivity contribution in [2.45, 2.75) is 43.8 Å². The second-order valence-electron chi connectivity index (χ2n) is 4.41. The number of imidazole rings is 1. The minimum Gasteiger partial charge on any atom is -0.480 e. The molecular formula is C12H21N3O2S. The van der Waals surface area contributed by atoms with Crippen LogP contribution in [0.3, 0.4) is 0 Å². The maximum absolute atomic E-state index is 11.3. The molecule has 1 aromatic rings. The van der Waals surface area contributed by atoms with Gasteiger partial charge in [0.05, 0.1) is 0 Å². The van der Waals surface area contributed by atoms with Gasteiger partial charge < -0.3 is 15.4 Å². The van der Waals surface area contributed by atoms with Crippen molar-refractivity contribution in [3.63, 3.8) is 0 Å². The summed E-state index contributed by atoms with van der Waals surface area (Å²) in [6.07, 6.45) is 5.89. The molecule has 1 rings (SSSR count). The molecule has 18 heavy (non-hydrogen) atoms. The molecule has 0 aliphatic heterocycles. The Kier molecular flexibility index (Phi) is 6.21. The van der Waals surface area contributed by atoms with Crippen molar-refractivity contribution in [3.05, 3.63) is 12.4 Å². The predicted molar refractivity (Wildman–Crippen MR) is 72.9 cm³/mol. The quantitative estimate of drug-likeness (QED) is 0.474. The molecule has 0 radical (unpaired) electrons. The Morgan fingerprint density at radius 1 is 1.67 bits per heavy atom. The molecule has 0 spiro atoms. The second-order valence-corrected chi connectivity index (χ2v) is 5.49. The number of rotatable bonds is 9. The Labute approximate surface area is 112 Å². The van der Waals surface area contributed by atoms with E-state index in [0.717, 1.165) is 30.3 Å². The van der Waals surface area contributed by atoms with Crippen molar-refractivity contribution in [3.8, 4) is 0 Å². The summed E-state index contributed by atoms with van der Waals surface area (Å²) in [6, 6.07) is 0. The van der Waals surface area contributed by atoms with Crippen LogP contribution in [0.4, 0.5) is 0 Å². The van der Waals surface area contributed by atoms with E-state index < -0.39 is 11.5 Å². The average molecular weight is 271 g/mol. The van der Waals surface area contributed by atoms with E-state index in [-0.39, 0.29) is 0 Å². The summed E-state index contributed by atoms with van der Waals surface area (Å²) in [6.45, 7) is 4.51. The van der Waals surface area contributed by atoms with Gasteiger partial charge in [0.25, 0.3) is 0 Å². The van der Waals surface area contributed by atoms with Crippen LogP contribution in [0.15, 0.2) is 17.6 Å². The smallest absolute Gasteiger partial charge is 0.323 e. The molecule has 1 heterocycles. The van der Waals surface area contributed by atoms with Crippen molar-refractivity contribution < 1.29 is 9.90 Å². The van der Waals surface area contributed by atoms with Crippen LogP contribution >= 0.6 is 11.8 Å². The predicted octanol–water partition coefficient (Wildman–Crippen LogP) is 2.12. The fraction of sp³-hybridized carbons (Fsp3) is 0.667. The van der Waals surface area contributed by atoms with Crippen LogP contribution in [0.1, 0.15) is 33.1 Å². The Balaban J connectivity index is 2.31. The van der Waals surface area contributed by atoms with Crippen LogP contribution in [0.25, 0.3) is 0 Å². The number of H-pyrrole nitrogens is 1. The largest absolute Gasteiger partial charge is 0.480 e. The number of aliphatic carboxylic acids is 1. The zero-order valence-electron chi connectivity index (χ0n) is 10.9. The van der Waals surface area contributed by atoms with E-state index in [1.807, 2.05) is 6.92 Å². The number of aromatic amines is 1. The van der Waals surface area contributed by atoms with E-state index >= 15 is 0 Å². The van der Waals surface area contributed by atoms with Gasteiger partial charge >= 0.3 is 5.97 Å². The third-order valence-corrected chi connectivity index (χ3v) is 3.76. The number of nitrogens with zero attached hydrogens (tertiary/aromatic N) is 1. The Hall–Kier alpha value is -1.01. The van der Waals surface area contributed by atoms with Gasteiger partial charge in [0, 0.05) is 18.1 Å². The van der Waals surface area contributed by atoms with E-state index in [4.69, 9.17) is 0 Å². The van der Waals surface area contributed by atoms with E-state index in [2.05, 4.69) is 15.3 Å². The number of aromatic nitrogens is 2. The second kappa shape index (κ2) is 7.43. The van der Waals surface area contributed by atoms with Gasteiger partial charge in [0.1, 0.15) is 5.54 Å². The maximum Gasteiger partial charge on any atom is 0.323 e. The highest BCUT2D eigenvalue weighted by Crippen LogP contribution is 2.18. The number of carbonyl (C=O) groups is 1. The van der Waals surface area contributed by atoms with Gasteiger partial charge in [-0.2, -0.15) is 0 Å². The monoisotopic (exact) mass is 271 g/mol. The number of nitrogens with one attached hydrogen (secondary N) is 2. The molecule has 1 unspecified atom stereocenters. The zero-order valence-corrected chi connectivity index (χ0v) is 11.7. The molecular weight excluding hydrogens is 250 g/mol. The topological polar surface area (TPSA) is 78.0 Å². The summed E-state index contributed by atoms with van der Waals surface area (Å²) < 4.78 is 0. The summed E-state index contributed by atoms with van der Waals surface area (Å²) in [7, 11) is 0. The van der Waals surface area contributed by atoms with Crippen molar-refractivity contribution in [2.24, 2.45) is 0 Å². The molecule has 1 atom stereocenters. The average Bonchev–Trinajstić information content (AvgIpc) is 2.85. The number of carboxylic acids is 1. The van der Waals surface area contributed by atoms with Crippen LogP contribution < -0.4 is 5.32 Å². The van der Waals surface area contributed by atoms with Crippen LogP contribution in [-0.2, 0) is 4.79 Å². The molecule has 0 aliphatic rings. The molecule has 0 aliphatic carbocycles. The molecule has 1 aromatic heterocycles. The molecule has 6 heteroatoms. The zero-order chi connectivity index (χ0) is 13.4. The molecule has 0 saturated carbocycles. The van der Waals surface area contributed by atoms with Crippen molar-refractivity contribution >= 4 is 17.7 Å². The van der Waals surface area contributed by atoms with E-state index in [1.54, 1.807) is 31.1 Å². The van der Waals surface area contributed by atoms with Crippen LogP contribution in [0, 0.1) is 0 Å². The highest BCUT2D eigenvalue weighted by molar-refractivity contribution is 7.99. The van der Waals surface area contributed by atoms with Gasteiger partial charge in [0.2, 0.25) is 0 Å². The molecule has 0 saturated heterocycles. The molecule has 0 bridgehead atoms. The highest BCUT2D eigenvalue weighted by Gasteiger charge is 2.31. The Bertz CT molecular complexity index is 356. The molecule has 0 fully saturated rings.